The number of nitrogens with one attached hydrogen (secondary N) is 1. The van der Waals surface area contributed by atoms with E-state index in [9.17, 15) is 14.3 Å². The Morgan fingerprint density at radius 1 is 1.26 bits per heavy atom. The summed E-state index contributed by atoms with van der Waals surface area (Å²) in [5.74, 6) is -0.275. The molecule has 0 saturated carbocycles. The van der Waals surface area contributed by atoms with Crippen LogP contribution >= 0.6 is 7.52 Å². The first-order valence-corrected chi connectivity index (χ1v) is 12.4. The molecule has 174 valence electrons. The second-order valence-electron chi connectivity index (χ2n) is 7.57. The summed E-state index contributed by atoms with van der Waals surface area (Å²) in [4.78, 5) is 34.4. The predicted molar refractivity (Wildman–Crippen MR) is 117 cm³/mol. The van der Waals surface area contributed by atoms with Crippen LogP contribution in [0, 0.1) is 0 Å². The fraction of sp³-hybridized carbons (Fsp3) is 0.684. The normalized spacial score (nSPS) is 15.5. The van der Waals surface area contributed by atoms with E-state index in [4.69, 9.17) is 15.2 Å². The number of esters is 1. The third-order valence-electron chi connectivity index (χ3n) is 4.66. The number of carbonyl (C=O) groups is 1. The van der Waals surface area contributed by atoms with Gasteiger partial charge >= 0.3 is 5.97 Å². The van der Waals surface area contributed by atoms with Crippen molar-refractivity contribution in [3.05, 3.63) is 12.7 Å². The third kappa shape index (κ3) is 8.17. The third-order valence-corrected chi connectivity index (χ3v) is 5.95. The Morgan fingerprint density at radius 2 is 2.00 bits per heavy atom. The fourth-order valence-electron chi connectivity index (χ4n) is 2.99. The van der Waals surface area contributed by atoms with Crippen molar-refractivity contribution in [2.45, 2.75) is 71.6 Å². The maximum Gasteiger partial charge on any atom is 0.323 e. The molecule has 4 N–H and O–H groups in total. The van der Waals surface area contributed by atoms with Crippen LogP contribution < -0.4 is 10.8 Å². The lowest BCUT2D eigenvalue weighted by molar-refractivity contribution is -0.145. The number of rotatable bonds is 14. The van der Waals surface area contributed by atoms with E-state index >= 15 is 0 Å². The number of fused-ring (bicyclic) bond motifs is 1. The molecule has 0 aliphatic rings. The van der Waals surface area contributed by atoms with Gasteiger partial charge in [0.25, 0.3) is 7.52 Å². The molecule has 2 rings (SSSR count). The second kappa shape index (κ2) is 12.1. The van der Waals surface area contributed by atoms with Gasteiger partial charge in [-0.3, -0.25) is 9.36 Å². The summed E-state index contributed by atoms with van der Waals surface area (Å²) in [6, 6.07) is -0.914. The van der Waals surface area contributed by atoms with Crippen molar-refractivity contribution < 1.29 is 23.7 Å². The highest BCUT2D eigenvalue weighted by Crippen LogP contribution is 2.36. The van der Waals surface area contributed by atoms with Gasteiger partial charge in [0.05, 0.1) is 25.6 Å². The summed E-state index contributed by atoms with van der Waals surface area (Å²) in [5.41, 5.74) is 6.81. The number of hydrogen-bond donors (Lipinski definition) is 3. The molecule has 2 aromatic heterocycles. The van der Waals surface area contributed by atoms with Gasteiger partial charge in [-0.25, -0.2) is 20.0 Å². The van der Waals surface area contributed by atoms with Crippen molar-refractivity contribution in [1.29, 1.82) is 0 Å². The minimum absolute atomic E-state index is 0.281. The monoisotopic (exact) mass is 456 g/mol. The Morgan fingerprint density at radius 3 is 2.74 bits per heavy atom. The van der Waals surface area contributed by atoms with Gasteiger partial charge in [0.15, 0.2) is 11.5 Å². The molecular formula is C19H33N6O5P. The highest BCUT2D eigenvalue weighted by molar-refractivity contribution is 7.55. The second-order valence-corrected chi connectivity index (χ2v) is 9.49. The van der Waals surface area contributed by atoms with E-state index in [1.54, 1.807) is 17.8 Å². The summed E-state index contributed by atoms with van der Waals surface area (Å²) in [7, 11) is -3.90. The van der Waals surface area contributed by atoms with Crippen LogP contribution in [0.3, 0.4) is 0 Å². The maximum atomic E-state index is 12.4. The number of ether oxygens (including phenoxy) is 2. The summed E-state index contributed by atoms with van der Waals surface area (Å²) >= 11 is 0. The molecule has 1 unspecified atom stereocenters. The van der Waals surface area contributed by atoms with E-state index in [1.807, 2.05) is 0 Å². The minimum Gasteiger partial charge on any atom is -0.465 e. The molecule has 0 bridgehead atoms. The Labute approximate surface area is 182 Å². The number of unbranched alkanes of at least 4 members (excludes halogenated alkanes) is 4. The first-order valence-electron chi connectivity index (χ1n) is 10.5. The lowest BCUT2D eigenvalue weighted by atomic mass is 10.2. The minimum atomic E-state index is -3.90. The van der Waals surface area contributed by atoms with E-state index in [2.05, 4.69) is 27.0 Å². The Bertz CT molecular complexity index is 892. The standard InChI is InChI=1S/C19H33N6O5P/c1-4-5-6-7-8-9-29-19(26)15(3)24-31(27,28)13-30-14(2)10-25-12-23-16-17(20)21-11-22-18(16)25/h11-12,14-15H,4-10,13H2,1-3H3,(H2,20,21,22)(H2,24,27,28)/t14-,15+/m1/s1. The molecule has 0 radical (unpaired) electrons. The number of anilines is 1. The van der Waals surface area contributed by atoms with Gasteiger partial charge in [-0.2, -0.15) is 0 Å². The van der Waals surface area contributed by atoms with Crippen LogP contribution in [0.25, 0.3) is 11.2 Å². The zero-order valence-corrected chi connectivity index (χ0v) is 19.3. The van der Waals surface area contributed by atoms with Crippen molar-refractivity contribution in [3.8, 4) is 0 Å². The van der Waals surface area contributed by atoms with Crippen LogP contribution in [0.15, 0.2) is 12.7 Å². The molecule has 0 saturated heterocycles. The van der Waals surface area contributed by atoms with E-state index in [0.717, 1.165) is 32.1 Å². The largest absolute Gasteiger partial charge is 0.465 e. The van der Waals surface area contributed by atoms with Crippen molar-refractivity contribution >= 4 is 30.5 Å². The number of imidazole rings is 1. The summed E-state index contributed by atoms with van der Waals surface area (Å²) < 4.78 is 24.8. The lowest BCUT2D eigenvalue weighted by Crippen LogP contribution is -2.34. The first kappa shape index (κ1) is 25.2. The lowest BCUT2D eigenvalue weighted by Gasteiger charge is -2.20. The zero-order chi connectivity index (χ0) is 22.9. The van der Waals surface area contributed by atoms with Gasteiger partial charge in [-0.1, -0.05) is 32.6 Å². The van der Waals surface area contributed by atoms with Crippen LogP contribution in [0.5, 0.6) is 0 Å². The van der Waals surface area contributed by atoms with Crippen LogP contribution in [0.1, 0.15) is 52.9 Å². The van der Waals surface area contributed by atoms with Gasteiger partial charge < -0.3 is 24.7 Å². The van der Waals surface area contributed by atoms with Crippen molar-refractivity contribution in [2.75, 3.05) is 18.7 Å². The SMILES string of the molecule is CCCCCCCOC(=O)[C@H](C)NP(=O)(O)CO[C@H](C)Cn1cnc2c(N)ncnc21. The highest BCUT2D eigenvalue weighted by Gasteiger charge is 2.27. The summed E-state index contributed by atoms with van der Waals surface area (Å²) in [5, 5.41) is 2.42. The van der Waals surface area contributed by atoms with E-state index in [1.165, 1.54) is 13.3 Å². The van der Waals surface area contributed by atoms with Crippen molar-refractivity contribution in [1.82, 2.24) is 24.6 Å². The molecule has 3 atom stereocenters. The number of nitrogens with two attached hydrogens (primary N) is 1. The average Bonchev–Trinajstić information content (AvgIpc) is 3.13. The van der Waals surface area contributed by atoms with Gasteiger partial charge in [-0.05, 0) is 20.3 Å². The molecule has 2 aromatic rings. The molecule has 2 heterocycles. The quantitative estimate of drug-likeness (QED) is 0.219. The molecule has 0 spiro atoms. The maximum absolute atomic E-state index is 12.4. The first-order chi connectivity index (χ1) is 14.7. The van der Waals surface area contributed by atoms with E-state index < -0.39 is 32.0 Å². The number of aromatic nitrogens is 4. The van der Waals surface area contributed by atoms with Gasteiger partial charge in [0.2, 0.25) is 0 Å². The number of carbonyl (C=O) groups excluding carboxylic acids is 1. The van der Waals surface area contributed by atoms with Crippen LogP contribution in [0.2, 0.25) is 0 Å². The Kier molecular flexibility index (Phi) is 9.83. The Balaban J connectivity index is 1.75. The average molecular weight is 456 g/mol. The summed E-state index contributed by atoms with van der Waals surface area (Å²) in [6.45, 7) is 6.04. The van der Waals surface area contributed by atoms with Crippen molar-refractivity contribution in [3.63, 3.8) is 0 Å². The van der Waals surface area contributed by atoms with Gasteiger partial charge in [0.1, 0.15) is 24.2 Å². The molecule has 0 fully saturated rings. The number of hydrogen-bond acceptors (Lipinski definition) is 8. The molecule has 0 amide bonds. The van der Waals surface area contributed by atoms with E-state index in [-0.39, 0.29) is 5.82 Å². The molecule has 0 aromatic carbocycles. The summed E-state index contributed by atoms with van der Waals surface area (Å²) in [6.07, 6.45) is 7.25. The van der Waals surface area contributed by atoms with Gasteiger partial charge in [0, 0.05) is 0 Å². The molecule has 0 aliphatic heterocycles. The van der Waals surface area contributed by atoms with Crippen LogP contribution in [0.4, 0.5) is 5.82 Å². The van der Waals surface area contributed by atoms with Crippen LogP contribution in [-0.4, -0.2) is 55.5 Å². The highest BCUT2D eigenvalue weighted by atomic mass is 31.2. The molecular weight excluding hydrogens is 423 g/mol. The number of nitrogens with zero attached hydrogens (tertiary/aromatic N) is 4. The fourth-order valence-corrected chi connectivity index (χ4v) is 4.23. The van der Waals surface area contributed by atoms with E-state index in [0.29, 0.717) is 24.3 Å². The molecule has 12 heteroatoms. The molecule has 0 aliphatic carbocycles. The topological polar surface area (TPSA) is 154 Å². The van der Waals surface area contributed by atoms with Crippen LogP contribution in [-0.2, 0) is 25.4 Å². The predicted octanol–water partition coefficient (Wildman–Crippen LogP) is 2.45. The Hall–Kier alpha value is -2.07. The molecule has 11 nitrogen and oxygen atoms in total. The smallest absolute Gasteiger partial charge is 0.323 e. The zero-order valence-electron chi connectivity index (χ0n) is 18.4. The number of nitrogen functional groups attached to an aromatic ring is 1. The van der Waals surface area contributed by atoms with Gasteiger partial charge in [-0.15, -0.1) is 0 Å². The van der Waals surface area contributed by atoms with Crippen molar-refractivity contribution in [2.24, 2.45) is 0 Å². The molecule has 31 heavy (non-hydrogen) atoms.